The predicted octanol–water partition coefficient (Wildman–Crippen LogP) is 3.43. The van der Waals surface area contributed by atoms with Crippen molar-refractivity contribution in [2.45, 2.75) is 31.5 Å². The quantitative estimate of drug-likeness (QED) is 0.902. The average Bonchev–Trinajstić information content (AvgIpc) is 2.75. The first-order valence-corrected chi connectivity index (χ1v) is 6.06. The molecule has 0 bridgehead atoms. The highest BCUT2D eigenvalue weighted by molar-refractivity contribution is 5.37. The van der Waals surface area contributed by atoms with E-state index in [1.807, 2.05) is 0 Å². The lowest BCUT2D eigenvalue weighted by atomic mass is 9.88. The van der Waals surface area contributed by atoms with E-state index in [0.717, 1.165) is 19.3 Å². The van der Waals surface area contributed by atoms with Crippen LogP contribution >= 0.6 is 0 Å². The molecule has 0 aliphatic heterocycles. The molecule has 2 nitrogen and oxygen atoms in total. The van der Waals surface area contributed by atoms with Crippen LogP contribution in [0.15, 0.2) is 24.3 Å². The van der Waals surface area contributed by atoms with Crippen molar-refractivity contribution in [2.75, 3.05) is 6.54 Å². The number of alkyl halides is 3. The van der Waals surface area contributed by atoms with Gasteiger partial charge in [0, 0.05) is 0 Å². The van der Waals surface area contributed by atoms with Crippen molar-refractivity contribution in [3.8, 4) is 5.75 Å². The zero-order valence-electron chi connectivity index (χ0n) is 9.91. The highest BCUT2D eigenvalue weighted by Gasteiger charge is 2.35. The summed E-state index contributed by atoms with van der Waals surface area (Å²) in [4.78, 5) is 0. The molecule has 1 aliphatic rings. The zero-order valence-corrected chi connectivity index (χ0v) is 9.91. The molecule has 1 fully saturated rings. The van der Waals surface area contributed by atoms with Gasteiger partial charge < -0.3 is 10.5 Å². The SMILES string of the molecule is NCC1CCCC1c1ccccc1OC(F)(F)F. The van der Waals surface area contributed by atoms with Crippen molar-refractivity contribution in [1.82, 2.24) is 0 Å². The largest absolute Gasteiger partial charge is 0.573 e. The third kappa shape index (κ3) is 2.96. The maximum Gasteiger partial charge on any atom is 0.573 e. The number of nitrogens with two attached hydrogens (primary N) is 1. The van der Waals surface area contributed by atoms with Gasteiger partial charge in [-0.3, -0.25) is 0 Å². The zero-order chi connectivity index (χ0) is 13.2. The molecule has 1 aromatic rings. The van der Waals surface area contributed by atoms with E-state index in [0.29, 0.717) is 12.1 Å². The molecule has 2 rings (SSSR count). The average molecular weight is 259 g/mol. The van der Waals surface area contributed by atoms with E-state index in [9.17, 15) is 13.2 Å². The first kappa shape index (κ1) is 13.2. The van der Waals surface area contributed by atoms with Gasteiger partial charge in [-0.2, -0.15) is 0 Å². The third-order valence-corrected chi connectivity index (χ3v) is 3.51. The van der Waals surface area contributed by atoms with Gasteiger partial charge in [-0.15, -0.1) is 13.2 Å². The van der Waals surface area contributed by atoms with Gasteiger partial charge in [0.2, 0.25) is 0 Å². The van der Waals surface area contributed by atoms with Gasteiger partial charge in [-0.25, -0.2) is 0 Å². The molecule has 0 heterocycles. The normalized spacial score (nSPS) is 24.2. The Kier molecular flexibility index (Phi) is 3.80. The number of hydrogen-bond donors (Lipinski definition) is 1. The number of rotatable bonds is 3. The van der Waals surface area contributed by atoms with Crippen LogP contribution in [-0.4, -0.2) is 12.9 Å². The lowest BCUT2D eigenvalue weighted by Gasteiger charge is -2.21. The van der Waals surface area contributed by atoms with Crippen LogP contribution in [0.5, 0.6) is 5.75 Å². The molecule has 2 N–H and O–H groups in total. The van der Waals surface area contributed by atoms with Gasteiger partial charge in [-0.1, -0.05) is 24.6 Å². The molecule has 0 amide bonds. The van der Waals surface area contributed by atoms with Crippen molar-refractivity contribution in [3.63, 3.8) is 0 Å². The Bertz CT molecular complexity index is 405. The first-order valence-electron chi connectivity index (χ1n) is 6.06. The summed E-state index contributed by atoms with van der Waals surface area (Å²) in [5.74, 6) is 0.242. The van der Waals surface area contributed by atoms with Gasteiger partial charge in [0.25, 0.3) is 0 Å². The van der Waals surface area contributed by atoms with Crippen LogP contribution < -0.4 is 10.5 Å². The Balaban J connectivity index is 2.27. The highest BCUT2D eigenvalue weighted by atomic mass is 19.4. The van der Waals surface area contributed by atoms with E-state index < -0.39 is 6.36 Å². The van der Waals surface area contributed by atoms with Gasteiger partial charge in [0.1, 0.15) is 5.75 Å². The van der Waals surface area contributed by atoms with E-state index in [2.05, 4.69) is 4.74 Å². The summed E-state index contributed by atoms with van der Waals surface area (Å²) in [6, 6.07) is 6.37. The fourth-order valence-corrected chi connectivity index (χ4v) is 2.73. The molecule has 0 spiro atoms. The minimum absolute atomic E-state index is 0.0774. The Hall–Kier alpha value is -1.23. The van der Waals surface area contributed by atoms with Crippen molar-refractivity contribution in [2.24, 2.45) is 11.7 Å². The van der Waals surface area contributed by atoms with Gasteiger partial charge in [-0.05, 0) is 42.9 Å². The molecular formula is C13H16F3NO. The fraction of sp³-hybridized carbons (Fsp3) is 0.538. The van der Waals surface area contributed by atoms with Crippen LogP contribution in [-0.2, 0) is 0 Å². The summed E-state index contributed by atoms with van der Waals surface area (Å²) in [5, 5.41) is 0. The van der Waals surface area contributed by atoms with Crippen molar-refractivity contribution in [1.29, 1.82) is 0 Å². The van der Waals surface area contributed by atoms with E-state index in [1.165, 1.54) is 6.07 Å². The van der Waals surface area contributed by atoms with Crippen LogP contribution in [0.3, 0.4) is 0 Å². The number of hydrogen-bond acceptors (Lipinski definition) is 2. The van der Waals surface area contributed by atoms with Gasteiger partial charge in [0.15, 0.2) is 0 Å². The smallest absolute Gasteiger partial charge is 0.405 e. The van der Waals surface area contributed by atoms with Crippen LogP contribution in [0.1, 0.15) is 30.7 Å². The summed E-state index contributed by atoms with van der Waals surface area (Å²) < 4.78 is 41.1. The molecule has 1 aliphatic carbocycles. The lowest BCUT2D eigenvalue weighted by molar-refractivity contribution is -0.275. The van der Waals surface area contributed by atoms with E-state index in [-0.39, 0.29) is 17.6 Å². The first-order chi connectivity index (χ1) is 8.51. The van der Waals surface area contributed by atoms with Crippen LogP contribution in [0, 0.1) is 5.92 Å². The number of para-hydroxylation sites is 1. The standard InChI is InChI=1S/C13H16F3NO/c14-13(15,16)18-12-7-2-1-5-11(12)10-6-3-4-9(10)8-17/h1-2,5,7,9-10H,3-4,6,8,17H2. The second-order valence-electron chi connectivity index (χ2n) is 4.62. The van der Waals surface area contributed by atoms with E-state index >= 15 is 0 Å². The summed E-state index contributed by atoms with van der Waals surface area (Å²) in [6.07, 6.45) is -1.79. The summed E-state index contributed by atoms with van der Waals surface area (Å²) in [6.45, 7) is 0.505. The minimum atomic E-state index is -4.65. The van der Waals surface area contributed by atoms with Gasteiger partial charge >= 0.3 is 6.36 Å². The summed E-state index contributed by atoms with van der Waals surface area (Å²) in [7, 11) is 0. The lowest BCUT2D eigenvalue weighted by Crippen LogP contribution is -2.21. The predicted molar refractivity (Wildman–Crippen MR) is 62.3 cm³/mol. The van der Waals surface area contributed by atoms with Gasteiger partial charge in [0.05, 0.1) is 0 Å². The Morgan fingerprint density at radius 2 is 1.94 bits per heavy atom. The van der Waals surface area contributed by atoms with Crippen LogP contribution in [0.4, 0.5) is 13.2 Å². The van der Waals surface area contributed by atoms with Crippen molar-refractivity contribution >= 4 is 0 Å². The number of benzene rings is 1. The fourth-order valence-electron chi connectivity index (χ4n) is 2.73. The highest BCUT2D eigenvalue weighted by Crippen LogP contribution is 2.43. The van der Waals surface area contributed by atoms with Crippen LogP contribution in [0.25, 0.3) is 0 Å². The maximum atomic E-state index is 12.3. The minimum Gasteiger partial charge on any atom is -0.405 e. The molecule has 1 saturated carbocycles. The monoisotopic (exact) mass is 259 g/mol. The Morgan fingerprint density at radius 3 is 2.61 bits per heavy atom. The topological polar surface area (TPSA) is 35.2 Å². The number of ether oxygens (including phenoxy) is 1. The Morgan fingerprint density at radius 1 is 1.22 bits per heavy atom. The molecule has 0 radical (unpaired) electrons. The molecule has 5 heteroatoms. The van der Waals surface area contributed by atoms with Crippen LogP contribution in [0.2, 0.25) is 0 Å². The summed E-state index contributed by atoms with van der Waals surface area (Å²) in [5.41, 5.74) is 6.30. The Labute approximate surface area is 104 Å². The van der Waals surface area contributed by atoms with E-state index in [1.54, 1.807) is 18.2 Å². The molecule has 100 valence electrons. The van der Waals surface area contributed by atoms with Crippen molar-refractivity contribution in [3.05, 3.63) is 29.8 Å². The van der Waals surface area contributed by atoms with Crippen molar-refractivity contribution < 1.29 is 17.9 Å². The second-order valence-corrected chi connectivity index (χ2v) is 4.62. The number of halogens is 3. The molecular weight excluding hydrogens is 243 g/mol. The van der Waals surface area contributed by atoms with E-state index in [4.69, 9.17) is 5.73 Å². The molecule has 0 saturated heterocycles. The maximum absolute atomic E-state index is 12.3. The molecule has 2 unspecified atom stereocenters. The second kappa shape index (κ2) is 5.18. The summed E-state index contributed by atoms with van der Waals surface area (Å²) >= 11 is 0. The third-order valence-electron chi connectivity index (χ3n) is 3.51. The molecule has 1 aromatic carbocycles. The molecule has 18 heavy (non-hydrogen) atoms. The molecule has 0 aromatic heterocycles. The molecule has 2 atom stereocenters.